The predicted molar refractivity (Wildman–Crippen MR) is 132 cm³/mol. The van der Waals surface area contributed by atoms with Gasteiger partial charge in [0.15, 0.2) is 5.82 Å². The second-order valence-electron chi connectivity index (χ2n) is 10.5. The maximum atomic E-state index is 15.5. The molecule has 0 unspecified atom stereocenters. The fraction of sp³-hybridized carbons (Fsp3) is 0.577. The Balaban J connectivity index is 1.24. The molecule has 190 valence electrons. The molecule has 0 amide bonds. The van der Waals surface area contributed by atoms with E-state index < -0.39 is 6.17 Å². The van der Waals surface area contributed by atoms with Crippen molar-refractivity contribution in [3.63, 3.8) is 0 Å². The number of alkyl halides is 1. The van der Waals surface area contributed by atoms with E-state index in [2.05, 4.69) is 43.9 Å². The maximum absolute atomic E-state index is 15.5. The van der Waals surface area contributed by atoms with Crippen LogP contribution >= 0.6 is 0 Å². The standard InChI is InChI=1S/C26H31FN6O3/c1-15-5-16-9-28-33(23(16)7-21(15)20-3-4-31(11-22(20)27)18-12-35-13-18)25-8-24(29-26(30-25)34-2)32-10-19-6-17(32)14-36-19/h5,7-9,17-20,22H,3-4,6,10-14H2,1-2H3/t17-,19-,20-,22-/m1/s1. The van der Waals surface area contributed by atoms with Gasteiger partial charge in [-0.25, -0.2) is 9.07 Å². The van der Waals surface area contributed by atoms with Gasteiger partial charge in [-0.2, -0.15) is 15.1 Å². The van der Waals surface area contributed by atoms with Gasteiger partial charge in [0.05, 0.1) is 56.8 Å². The molecule has 3 aromatic rings. The largest absolute Gasteiger partial charge is 0.467 e. The van der Waals surface area contributed by atoms with Crippen LogP contribution in [0.3, 0.4) is 0 Å². The summed E-state index contributed by atoms with van der Waals surface area (Å²) < 4.78 is 33.8. The molecule has 10 heteroatoms. The molecule has 4 saturated heterocycles. The van der Waals surface area contributed by atoms with Crippen LogP contribution in [-0.4, -0.2) is 95.6 Å². The van der Waals surface area contributed by atoms with Crippen molar-refractivity contribution >= 4 is 16.7 Å². The van der Waals surface area contributed by atoms with Crippen molar-refractivity contribution < 1.29 is 18.6 Å². The summed E-state index contributed by atoms with van der Waals surface area (Å²) in [6, 6.07) is 7.18. The summed E-state index contributed by atoms with van der Waals surface area (Å²) in [7, 11) is 1.58. The molecule has 4 atom stereocenters. The van der Waals surface area contributed by atoms with Gasteiger partial charge in [0, 0.05) is 30.5 Å². The van der Waals surface area contributed by atoms with E-state index >= 15 is 4.39 Å². The topological polar surface area (TPSA) is 77.8 Å². The van der Waals surface area contributed by atoms with Crippen molar-refractivity contribution in [3.05, 3.63) is 35.5 Å². The van der Waals surface area contributed by atoms with Gasteiger partial charge in [0.1, 0.15) is 12.0 Å². The van der Waals surface area contributed by atoms with Gasteiger partial charge in [-0.05, 0) is 49.6 Å². The number of nitrogens with zero attached hydrogens (tertiary/aromatic N) is 6. The molecule has 2 aromatic heterocycles. The van der Waals surface area contributed by atoms with Gasteiger partial charge >= 0.3 is 6.01 Å². The van der Waals surface area contributed by atoms with E-state index in [0.29, 0.717) is 30.5 Å². The van der Waals surface area contributed by atoms with Gasteiger partial charge in [-0.1, -0.05) is 0 Å². The van der Waals surface area contributed by atoms with E-state index in [9.17, 15) is 0 Å². The number of likely N-dealkylation sites (tertiary alicyclic amines) is 1. The van der Waals surface area contributed by atoms with E-state index in [0.717, 1.165) is 73.6 Å². The monoisotopic (exact) mass is 494 g/mol. The first kappa shape index (κ1) is 22.4. The van der Waals surface area contributed by atoms with Crippen molar-refractivity contribution in [2.24, 2.45) is 0 Å². The fourth-order valence-electron chi connectivity index (χ4n) is 6.26. The van der Waals surface area contributed by atoms with Crippen molar-refractivity contribution in [3.8, 4) is 11.8 Å². The average Bonchev–Trinajstić information content (AvgIpc) is 3.58. The number of halogens is 1. The summed E-state index contributed by atoms with van der Waals surface area (Å²) in [5.41, 5.74) is 3.07. The van der Waals surface area contributed by atoms with Crippen molar-refractivity contribution in [2.75, 3.05) is 51.5 Å². The normalized spacial score (nSPS) is 28.7. The summed E-state index contributed by atoms with van der Waals surface area (Å²) in [4.78, 5) is 13.8. The first-order chi connectivity index (χ1) is 17.6. The molecular weight excluding hydrogens is 463 g/mol. The number of aromatic nitrogens is 4. The molecule has 4 fully saturated rings. The van der Waals surface area contributed by atoms with E-state index in [1.54, 1.807) is 7.11 Å². The number of ether oxygens (including phenoxy) is 3. The van der Waals surface area contributed by atoms with Crippen molar-refractivity contribution in [1.29, 1.82) is 0 Å². The van der Waals surface area contributed by atoms with Crippen LogP contribution < -0.4 is 9.64 Å². The van der Waals surface area contributed by atoms with Gasteiger partial charge in [-0.15, -0.1) is 0 Å². The zero-order chi connectivity index (χ0) is 24.4. The Morgan fingerprint density at radius 2 is 1.92 bits per heavy atom. The van der Waals surface area contributed by atoms with Crippen molar-refractivity contribution in [1.82, 2.24) is 24.6 Å². The first-order valence-electron chi connectivity index (χ1n) is 12.8. The minimum absolute atomic E-state index is 0.134. The number of fused-ring (bicyclic) bond motifs is 3. The highest BCUT2D eigenvalue weighted by atomic mass is 19.1. The number of hydrogen-bond donors (Lipinski definition) is 0. The van der Waals surface area contributed by atoms with Crippen LogP contribution in [0.25, 0.3) is 16.7 Å². The molecule has 4 aliphatic heterocycles. The lowest BCUT2D eigenvalue weighted by Gasteiger charge is -2.43. The van der Waals surface area contributed by atoms with Crippen LogP contribution in [0.4, 0.5) is 10.2 Å². The number of piperidine rings is 1. The lowest BCUT2D eigenvalue weighted by atomic mass is 9.84. The molecule has 4 aliphatic rings. The maximum Gasteiger partial charge on any atom is 0.320 e. The lowest BCUT2D eigenvalue weighted by molar-refractivity contribution is -0.0807. The smallest absolute Gasteiger partial charge is 0.320 e. The molecule has 0 saturated carbocycles. The Labute approximate surface area is 209 Å². The van der Waals surface area contributed by atoms with E-state index in [-0.39, 0.29) is 12.0 Å². The molecule has 2 bridgehead atoms. The molecule has 7 rings (SSSR count). The SMILES string of the molecule is COc1nc(N2C[C@H]3C[C@@H]2CO3)cc(-n2ncc3cc(C)c([C@H]4CCN(C5COC5)C[C@H]4F)cc32)n1. The molecule has 0 spiro atoms. The highest BCUT2D eigenvalue weighted by molar-refractivity contribution is 5.82. The highest BCUT2D eigenvalue weighted by Gasteiger charge is 2.40. The molecule has 36 heavy (non-hydrogen) atoms. The molecular formula is C26H31FN6O3. The van der Waals surface area contributed by atoms with Crippen LogP contribution in [0, 0.1) is 6.92 Å². The van der Waals surface area contributed by atoms with Crippen LogP contribution in [0.1, 0.15) is 29.9 Å². The van der Waals surface area contributed by atoms with Gasteiger partial charge in [0.2, 0.25) is 0 Å². The second-order valence-corrected chi connectivity index (χ2v) is 10.5. The first-order valence-corrected chi connectivity index (χ1v) is 12.8. The Kier molecular flexibility index (Phi) is 5.37. The third-order valence-corrected chi connectivity index (χ3v) is 8.34. The molecule has 0 N–H and O–H groups in total. The van der Waals surface area contributed by atoms with Crippen molar-refractivity contribution in [2.45, 2.75) is 50.0 Å². The van der Waals surface area contributed by atoms with Crippen LogP contribution in [0.2, 0.25) is 0 Å². The van der Waals surface area contributed by atoms with E-state index in [1.165, 1.54) is 0 Å². The quantitative estimate of drug-likeness (QED) is 0.536. The highest BCUT2D eigenvalue weighted by Crippen LogP contribution is 2.37. The lowest BCUT2D eigenvalue weighted by Crippen LogP contribution is -2.54. The molecule has 6 heterocycles. The summed E-state index contributed by atoms with van der Waals surface area (Å²) in [5, 5.41) is 5.67. The molecule has 0 radical (unpaired) electrons. The van der Waals surface area contributed by atoms with Crippen LogP contribution in [0.5, 0.6) is 6.01 Å². The molecule has 0 aliphatic carbocycles. The Hall–Kier alpha value is -2.82. The average molecular weight is 495 g/mol. The summed E-state index contributed by atoms with van der Waals surface area (Å²) in [6.07, 6.45) is 3.01. The number of hydrogen-bond acceptors (Lipinski definition) is 8. The zero-order valence-electron chi connectivity index (χ0n) is 20.6. The summed E-state index contributed by atoms with van der Waals surface area (Å²) in [5.74, 6) is 1.33. The van der Waals surface area contributed by atoms with E-state index in [1.807, 2.05) is 16.9 Å². The number of rotatable bonds is 5. The molecule has 1 aromatic carbocycles. The minimum Gasteiger partial charge on any atom is -0.467 e. The zero-order valence-corrected chi connectivity index (χ0v) is 20.6. The number of anilines is 1. The molecule has 9 nitrogen and oxygen atoms in total. The Morgan fingerprint density at radius 3 is 2.61 bits per heavy atom. The number of morpholine rings is 1. The van der Waals surface area contributed by atoms with Gasteiger partial charge < -0.3 is 19.1 Å². The number of benzene rings is 1. The van der Waals surface area contributed by atoms with E-state index in [4.69, 9.17) is 14.2 Å². The third-order valence-electron chi connectivity index (χ3n) is 8.34. The number of methoxy groups -OCH3 is 1. The summed E-state index contributed by atoms with van der Waals surface area (Å²) in [6.45, 7) is 6.40. The van der Waals surface area contributed by atoms with Gasteiger partial charge in [0.25, 0.3) is 0 Å². The van der Waals surface area contributed by atoms with Crippen LogP contribution in [-0.2, 0) is 9.47 Å². The summed E-state index contributed by atoms with van der Waals surface area (Å²) >= 11 is 0. The third kappa shape index (κ3) is 3.65. The fourth-order valence-corrected chi connectivity index (χ4v) is 6.26. The second kappa shape index (κ2) is 8.64. The Morgan fingerprint density at radius 1 is 1.06 bits per heavy atom. The minimum atomic E-state index is -0.912. The van der Waals surface area contributed by atoms with Crippen LogP contribution in [0.15, 0.2) is 24.4 Å². The number of aryl methyl sites for hydroxylation is 1. The Bertz CT molecular complexity index is 1300. The van der Waals surface area contributed by atoms with Gasteiger partial charge in [-0.3, -0.25) is 4.90 Å². The predicted octanol–water partition coefficient (Wildman–Crippen LogP) is 2.64.